The number of hydrogen-bond donors (Lipinski definition) is 1. The van der Waals surface area contributed by atoms with E-state index in [2.05, 4.69) is 12.2 Å². The van der Waals surface area contributed by atoms with E-state index in [0.29, 0.717) is 12.3 Å². The maximum Gasteiger partial charge on any atom is 0.223 e. The first-order valence-electron chi connectivity index (χ1n) is 5.20. The molecule has 1 unspecified atom stereocenters. The van der Waals surface area contributed by atoms with Crippen molar-refractivity contribution in [3.8, 4) is 0 Å². The van der Waals surface area contributed by atoms with Gasteiger partial charge in [-0.05, 0) is 19.4 Å². The monoisotopic (exact) mass is 184 g/mol. The summed E-state index contributed by atoms with van der Waals surface area (Å²) in [6.07, 6.45) is 3.05. The largest absolute Gasteiger partial charge is 0.342 e. The van der Waals surface area contributed by atoms with E-state index < -0.39 is 0 Å². The zero-order valence-electron chi connectivity index (χ0n) is 8.68. The van der Waals surface area contributed by atoms with Crippen LogP contribution in [-0.4, -0.2) is 37.5 Å². The minimum absolute atomic E-state index is 0.310. The lowest BCUT2D eigenvalue weighted by Gasteiger charge is -2.15. The van der Waals surface area contributed by atoms with Crippen LogP contribution in [0.25, 0.3) is 0 Å². The number of rotatable bonds is 4. The van der Waals surface area contributed by atoms with Gasteiger partial charge in [-0.3, -0.25) is 4.79 Å². The first kappa shape index (κ1) is 10.5. The van der Waals surface area contributed by atoms with Gasteiger partial charge in [-0.15, -0.1) is 0 Å². The summed E-state index contributed by atoms with van der Waals surface area (Å²) in [5, 5.41) is 3.00. The normalized spacial score (nSPS) is 22.3. The fraction of sp³-hybridized carbons (Fsp3) is 0.900. The van der Waals surface area contributed by atoms with Gasteiger partial charge < -0.3 is 10.2 Å². The number of carbonyl (C=O) groups is 1. The Morgan fingerprint density at radius 3 is 2.92 bits per heavy atom. The van der Waals surface area contributed by atoms with Gasteiger partial charge in [0.15, 0.2) is 0 Å². The highest BCUT2D eigenvalue weighted by molar-refractivity contribution is 5.76. The fourth-order valence-corrected chi connectivity index (χ4v) is 1.78. The molecule has 0 bridgehead atoms. The zero-order valence-corrected chi connectivity index (χ0v) is 8.68. The van der Waals surface area contributed by atoms with E-state index in [0.717, 1.165) is 25.6 Å². The number of carbonyl (C=O) groups excluding carboxylic acids is 1. The van der Waals surface area contributed by atoms with E-state index in [-0.39, 0.29) is 0 Å². The number of nitrogens with one attached hydrogen (secondary N) is 1. The van der Waals surface area contributed by atoms with Crippen molar-refractivity contribution in [1.82, 2.24) is 10.2 Å². The van der Waals surface area contributed by atoms with Crippen molar-refractivity contribution in [1.29, 1.82) is 0 Å². The molecule has 3 nitrogen and oxygen atoms in total. The van der Waals surface area contributed by atoms with E-state index >= 15 is 0 Å². The van der Waals surface area contributed by atoms with Crippen LogP contribution < -0.4 is 5.32 Å². The van der Waals surface area contributed by atoms with Gasteiger partial charge in [0.2, 0.25) is 5.91 Å². The third kappa shape index (κ3) is 2.99. The summed E-state index contributed by atoms with van der Waals surface area (Å²) in [4.78, 5) is 13.6. The van der Waals surface area contributed by atoms with Gasteiger partial charge in [0.25, 0.3) is 0 Å². The predicted molar refractivity (Wildman–Crippen MR) is 53.5 cm³/mol. The maximum absolute atomic E-state index is 11.6. The molecular formula is C10H20N2O. The molecule has 1 fully saturated rings. The van der Waals surface area contributed by atoms with E-state index in [9.17, 15) is 4.79 Å². The second-order valence-corrected chi connectivity index (χ2v) is 3.76. The number of nitrogens with zero attached hydrogens (tertiary/aromatic N) is 1. The molecule has 0 aromatic rings. The summed E-state index contributed by atoms with van der Waals surface area (Å²) in [5.41, 5.74) is 0. The summed E-state index contributed by atoms with van der Waals surface area (Å²) in [7, 11) is 1.88. The van der Waals surface area contributed by atoms with Crippen LogP contribution in [0.2, 0.25) is 0 Å². The second-order valence-electron chi connectivity index (χ2n) is 3.76. The Morgan fingerprint density at radius 1 is 1.62 bits per heavy atom. The molecule has 76 valence electrons. The lowest BCUT2D eigenvalue weighted by molar-refractivity contribution is -0.130. The van der Waals surface area contributed by atoms with Gasteiger partial charge in [0, 0.05) is 26.1 Å². The number of amides is 1. The van der Waals surface area contributed by atoms with Crippen LogP contribution >= 0.6 is 0 Å². The van der Waals surface area contributed by atoms with Crippen molar-refractivity contribution in [2.24, 2.45) is 5.92 Å². The molecule has 13 heavy (non-hydrogen) atoms. The minimum atomic E-state index is 0.310. The molecule has 0 aromatic heterocycles. The van der Waals surface area contributed by atoms with Crippen molar-refractivity contribution >= 4 is 5.91 Å². The Bertz CT molecular complexity index is 170. The molecule has 1 rings (SSSR count). The van der Waals surface area contributed by atoms with Crippen molar-refractivity contribution in [2.45, 2.75) is 26.2 Å². The summed E-state index contributed by atoms with van der Waals surface area (Å²) in [6, 6.07) is 0. The lowest BCUT2D eigenvalue weighted by atomic mass is 10.1. The summed E-state index contributed by atoms with van der Waals surface area (Å²) < 4.78 is 0. The molecule has 1 saturated heterocycles. The Morgan fingerprint density at radius 2 is 2.38 bits per heavy atom. The Balaban J connectivity index is 2.25. The molecule has 0 aromatic carbocycles. The molecule has 0 saturated carbocycles. The van der Waals surface area contributed by atoms with Crippen LogP contribution in [0, 0.1) is 5.92 Å². The van der Waals surface area contributed by atoms with E-state index in [1.165, 1.54) is 12.8 Å². The molecule has 0 spiro atoms. The average Bonchev–Trinajstić information content (AvgIpc) is 2.62. The van der Waals surface area contributed by atoms with Gasteiger partial charge in [-0.25, -0.2) is 0 Å². The molecule has 1 aliphatic heterocycles. The van der Waals surface area contributed by atoms with Crippen LogP contribution in [0.1, 0.15) is 26.2 Å². The SMILES string of the molecule is CCC1CCN(C(=O)CCNC)C1. The fourth-order valence-electron chi connectivity index (χ4n) is 1.78. The summed E-state index contributed by atoms with van der Waals surface area (Å²) in [6.45, 7) is 4.96. The molecule has 1 atom stereocenters. The predicted octanol–water partition coefficient (Wildman–Crippen LogP) is 0.854. The van der Waals surface area contributed by atoms with Crippen molar-refractivity contribution < 1.29 is 4.79 Å². The highest BCUT2D eigenvalue weighted by Crippen LogP contribution is 2.19. The van der Waals surface area contributed by atoms with Gasteiger partial charge in [0.1, 0.15) is 0 Å². The number of hydrogen-bond acceptors (Lipinski definition) is 2. The van der Waals surface area contributed by atoms with Crippen LogP contribution in [0.3, 0.4) is 0 Å². The van der Waals surface area contributed by atoms with Gasteiger partial charge in [0.05, 0.1) is 0 Å². The average molecular weight is 184 g/mol. The third-order valence-corrected chi connectivity index (χ3v) is 2.80. The van der Waals surface area contributed by atoms with Crippen LogP contribution in [0.15, 0.2) is 0 Å². The summed E-state index contributed by atoms with van der Waals surface area (Å²) in [5.74, 6) is 1.06. The van der Waals surface area contributed by atoms with Crippen LogP contribution in [0.4, 0.5) is 0 Å². The van der Waals surface area contributed by atoms with E-state index in [1.54, 1.807) is 0 Å². The number of likely N-dealkylation sites (tertiary alicyclic amines) is 1. The first-order valence-corrected chi connectivity index (χ1v) is 5.20. The Labute approximate surface area is 80.5 Å². The van der Waals surface area contributed by atoms with Crippen molar-refractivity contribution in [2.75, 3.05) is 26.7 Å². The Kier molecular flexibility index (Phi) is 4.22. The molecule has 0 radical (unpaired) electrons. The van der Waals surface area contributed by atoms with Gasteiger partial charge >= 0.3 is 0 Å². The maximum atomic E-state index is 11.6. The molecular weight excluding hydrogens is 164 g/mol. The molecule has 1 amide bonds. The lowest BCUT2D eigenvalue weighted by Crippen LogP contribution is -2.30. The Hall–Kier alpha value is -0.570. The topological polar surface area (TPSA) is 32.3 Å². The van der Waals surface area contributed by atoms with Crippen LogP contribution in [-0.2, 0) is 4.79 Å². The summed E-state index contributed by atoms with van der Waals surface area (Å²) >= 11 is 0. The van der Waals surface area contributed by atoms with E-state index in [4.69, 9.17) is 0 Å². The molecule has 1 aliphatic rings. The smallest absolute Gasteiger partial charge is 0.223 e. The minimum Gasteiger partial charge on any atom is -0.342 e. The molecule has 3 heteroatoms. The highest BCUT2D eigenvalue weighted by Gasteiger charge is 2.23. The van der Waals surface area contributed by atoms with Gasteiger partial charge in [-0.1, -0.05) is 13.3 Å². The second kappa shape index (κ2) is 5.22. The van der Waals surface area contributed by atoms with Crippen molar-refractivity contribution in [3.63, 3.8) is 0 Å². The van der Waals surface area contributed by atoms with Gasteiger partial charge in [-0.2, -0.15) is 0 Å². The molecule has 0 aliphatic carbocycles. The molecule has 1 N–H and O–H groups in total. The highest BCUT2D eigenvalue weighted by atomic mass is 16.2. The third-order valence-electron chi connectivity index (χ3n) is 2.80. The zero-order chi connectivity index (χ0) is 9.68. The van der Waals surface area contributed by atoms with E-state index in [1.807, 2.05) is 11.9 Å². The first-order chi connectivity index (χ1) is 6.27. The quantitative estimate of drug-likeness (QED) is 0.702. The standard InChI is InChI=1S/C10H20N2O/c1-3-9-5-7-12(8-9)10(13)4-6-11-2/h9,11H,3-8H2,1-2H3. The molecule has 1 heterocycles. The van der Waals surface area contributed by atoms with Crippen molar-refractivity contribution in [3.05, 3.63) is 0 Å². The van der Waals surface area contributed by atoms with Crippen LogP contribution in [0.5, 0.6) is 0 Å².